The molecule has 1 aliphatic heterocycles. The number of Topliss-reactive ketones (excluding diaryl/α,β-unsaturated/α-hetero) is 1. The molecule has 1 amide bonds. The number of carbonyl (C=O) groups is 2. The van der Waals surface area contributed by atoms with Gasteiger partial charge in [0.05, 0.1) is 6.42 Å². The van der Waals surface area contributed by atoms with E-state index in [2.05, 4.69) is 5.32 Å². The fourth-order valence-electron chi connectivity index (χ4n) is 2.09. The molecule has 0 spiro atoms. The lowest BCUT2D eigenvalue weighted by molar-refractivity contribution is -0.123. The fraction of sp³-hybridized carbons (Fsp3) is 0.333. The highest BCUT2D eigenvalue weighted by molar-refractivity contribution is 6.10. The van der Waals surface area contributed by atoms with Gasteiger partial charge in [-0.2, -0.15) is 0 Å². The summed E-state index contributed by atoms with van der Waals surface area (Å²) in [5.41, 5.74) is 0.0987. The number of amides is 1. The van der Waals surface area contributed by atoms with Gasteiger partial charge in [-0.3, -0.25) is 9.59 Å². The lowest BCUT2D eigenvalue weighted by atomic mass is 9.85. The topological polar surface area (TPSA) is 46.2 Å². The van der Waals surface area contributed by atoms with Crippen LogP contribution in [0, 0.1) is 0 Å². The molecule has 0 saturated carbocycles. The molecule has 3 heteroatoms. The minimum absolute atomic E-state index is 0.00271. The Kier molecular flexibility index (Phi) is 2.31. The number of rotatable bonds is 2. The minimum atomic E-state index is -0.779. The van der Waals surface area contributed by atoms with Crippen molar-refractivity contribution in [3.63, 3.8) is 0 Å². The lowest BCUT2D eigenvalue weighted by Gasteiger charge is -2.26. The summed E-state index contributed by atoms with van der Waals surface area (Å²) in [6.07, 6.45) is 0.602. The Hall–Kier alpha value is -1.64. The molecule has 1 aliphatic rings. The van der Waals surface area contributed by atoms with Gasteiger partial charge in [-0.25, -0.2) is 0 Å². The summed E-state index contributed by atoms with van der Waals surface area (Å²) in [6.45, 7) is 1.91. The summed E-state index contributed by atoms with van der Waals surface area (Å²) in [5.74, 6) is -0.202. The Balaban J connectivity index is 2.47. The molecule has 15 heavy (non-hydrogen) atoms. The first-order chi connectivity index (χ1) is 7.19. The number of hydrogen-bond donors (Lipinski definition) is 1. The van der Waals surface area contributed by atoms with Crippen molar-refractivity contribution in [3.8, 4) is 0 Å². The van der Waals surface area contributed by atoms with Crippen molar-refractivity contribution in [1.29, 1.82) is 0 Å². The van der Waals surface area contributed by atoms with E-state index in [9.17, 15) is 9.59 Å². The second-order valence-corrected chi connectivity index (χ2v) is 3.77. The Morgan fingerprint density at radius 1 is 1.27 bits per heavy atom. The normalized spacial score (nSPS) is 25.4. The van der Waals surface area contributed by atoms with Crippen molar-refractivity contribution in [2.45, 2.75) is 25.3 Å². The van der Waals surface area contributed by atoms with Crippen LogP contribution < -0.4 is 5.32 Å². The molecule has 0 aromatic heterocycles. The number of carbonyl (C=O) groups excluding carboxylic acids is 2. The van der Waals surface area contributed by atoms with Crippen LogP contribution in [-0.2, 0) is 15.1 Å². The van der Waals surface area contributed by atoms with Gasteiger partial charge in [0.15, 0.2) is 5.78 Å². The molecule has 0 radical (unpaired) electrons. The van der Waals surface area contributed by atoms with Gasteiger partial charge in [-0.15, -0.1) is 0 Å². The second kappa shape index (κ2) is 3.50. The van der Waals surface area contributed by atoms with Gasteiger partial charge in [-0.1, -0.05) is 37.3 Å². The molecule has 1 N–H and O–H groups in total. The van der Waals surface area contributed by atoms with Gasteiger partial charge < -0.3 is 5.32 Å². The third-order valence-electron chi connectivity index (χ3n) is 2.95. The number of ketones is 1. The van der Waals surface area contributed by atoms with Crippen molar-refractivity contribution in [2.75, 3.05) is 0 Å². The number of hydrogen-bond acceptors (Lipinski definition) is 2. The maximum Gasteiger partial charge on any atom is 0.228 e. The van der Waals surface area contributed by atoms with Gasteiger partial charge in [0.1, 0.15) is 5.54 Å². The van der Waals surface area contributed by atoms with Crippen LogP contribution in [0.15, 0.2) is 30.3 Å². The van der Waals surface area contributed by atoms with Gasteiger partial charge in [0.25, 0.3) is 0 Å². The van der Waals surface area contributed by atoms with Crippen molar-refractivity contribution < 1.29 is 9.59 Å². The first kappa shape index (κ1) is 9.90. The Bertz CT molecular complexity index is 399. The maximum absolute atomic E-state index is 11.9. The summed E-state index contributed by atoms with van der Waals surface area (Å²) in [6, 6.07) is 9.42. The van der Waals surface area contributed by atoms with E-state index in [0.717, 1.165) is 5.56 Å². The van der Waals surface area contributed by atoms with Crippen molar-refractivity contribution in [2.24, 2.45) is 0 Å². The highest BCUT2D eigenvalue weighted by Gasteiger charge is 2.45. The van der Waals surface area contributed by atoms with Gasteiger partial charge in [0, 0.05) is 0 Å². The van der Waals surface area contributed by atoms with Crippen LogP contribution in [0.1, 0.15) is 25.3 Å². The van der Waals surface area contributed by atoms with Crippen LogP contribution in [0.5, 0.6) is 0 Å². The highest BCUT2D eigenvalue weighted by atomic mass is 16.2. The van der Waals surface area contributed by atoms with Crippen LogP contribution >= 0.6 is 0 Å². The zero-order valence-corrected chi connectivity index (χ0v) is 8.62. The van der Waals surface area contributed by atoms with E-state index >= 15 is 0 Å². The van der Waals surface area contributed by atoms with E-state index in [1.165, 1.54) is 0 Å². The molecule has 1 saturated heterocycles. The monoisotopic (exact) mass is 203 g/mol. The largest absolute Gasteiger partial charge is 0.339 e. The molecule has 1 aromatic rings. The van der Waals surface area contributed by atoms with Crippen LogP contribution in [-0.4, -0.2) is 11.7 Å². The molecular formula is C12H13NO2. The minimum Gasteiger partial charge on any atom is -0.339 e. The number of nitrogens with one attached hydrogen (secondary N) is 1. The predicted octanol–water partition coefficient (Wildman–Crippen LogP) is 1.38. The van der Waals surface area contributed by atoms with E-state index in [1.807, 2.05) is 37.3 Å². The van der Waals surface area contributed by atoms with E-state index in [1.54, 1.807) is 0 Å². The van der Waals surface area contributed by atoms with Gasteiger partial charge in [-0.05, 0) is 12.0 Å². The highest BCUT2D eigenvalue weighted by Crippen LogP contribution is 2.31. The molecular weight excluding hydrogens is 190 g/mol. The Morgan fingerprint density at radius 3 is 2.40 bits per heavy atom. The molecule has 0 bridgehead atoms. The molecule has 0 unspecified atom stereocenters. The second-order valence-electron chi connectivity index (χ2n) is 3.77. The Morgan fingerprint density at radius 2 is 1.93 bits per heavy atom. The zero-order chi connectivity index (χ0) is 10.9. The lowest BCUT2D eigenvalue weighted by Crippen LogP contribution is -2.42. The van der Waals surface area contributed by atoms with Crippen molar-refractivity contribution in [3.05, 3.63) is 35.9 Å². The quantitative estimate of drug-likeness (QED) is 0.738. The van der Waals surface area contributed by atoms with Crippen LogP contribution in [0.25, 0.3) is 0 Å². The smallest absolute Gasteiger partial charge is 0.228 e. The molecule has 78 valence electrons. The molecule has 1 heterocycles. The first-order valence-corrected chi connectivity index (χ1v) is 5.09. The third-order valence-corrected chi connectivity index (χ3v) is 2.95. The molecule has 2 rings (SSSR count). The van der Waals surface area contributed by atoms with Gasteiger partial charge >= 0.3 is 0 Å². The molecule has 1 fully saturated rings. The standard InChI is InChI=1S/C12H13NO2/c1-2-12(9-6-4-3-5-7-9)10(14)8-11(15)13-12/h3-7H,2,8H2,1H3,(H,13,15)/t12-/m1/s1. The fourth-order valence-corrected chi connectivity index (χ4v) is 2.09. The molecule has 0 aliphatic carbocycles. The van der Waals surface area contributed by atoms with E-state index in [-0.39, 0.29) is 18.1 Å². The van der Waals surface area contributed by atoms with Crippen LogP contribution in [0.2, 0.25) is 0 Å². The summed E-state index contributed by atoms with van der Waals surface area (Å²) in [5, 5.41) is 2.79. The number of benzene rings is 1. The zero-order valence-electron chi connectivity index (χ0n) is 8.62. The van der Waals surface area contributed by atoms with Crippen LogP contribution in [0.3, 0.4) is 0 Å². The Labute approximate surface area is 88.5 Å². The SMILES string of the molecule is CC[C@]1(c2ccccc2)NC(=O)CC1=O. The van der Waals surface area contributed by atoms with E-state index in [0.29, 0.717) is 6.42 Å². The molecule has 1 aromatic carbocycles. The predicted molar refractivity (Wildman–Crippen MR) is 56.2 cm³/mol. The third kappa shape index (κ3) is 1.44. The average Bonchev–Trinajstić information content (AvgIpc) is 2.56. The summed E-state index contributed by atoms with van der Waals surface area (Å²) in [7, 11) is 0. The average molecular weight is 203 g/mol. The summed E-state index contributed by atoms with van der Waals surface area (Å²) >= 11 is 0. The first-order valence-electron chi connectivity index (χ1n) is 5.09. The summed E-state index contributed by atoms with van der Waals surface area (Å²) < 4.78 is 0. The molecule has 1 atom stereocenters. The van der Waals surface area contributed by atoms with E-state index < -0.39 is 5.54 Å². The van der Waals surface area contributed by atoms with Gasteiger partial charge in [0.2, 0.25) is 5.91 Å². The van der Waals surface area contributed by atoms with Crippen molar-refractivity contribution >= 4 is 11.7 Å². The maximum atomic E-state index is 11.9. The molecule has 3 nitrogen and oxygen atoms in total. The van der Waals surface area contributed by atoms with Crippen molar-refractivity contribution in [1.82, 2.24) is 5.32 Å². The van der Waals surface area contributed by atoms with Crippen LogP contribution in [0.4, 0.5) is 0 Å². The van der Waals surface area contributed by atoms with E-state index in [4.69, 9.17) is 0 Å². The summed E-state index contributed by atoms with van der Waals surface area (Å²) in [4.78, 5) is 23.1.